The van der Waals surface area contributed by atoms with Crippen LogP contribution in [0.4, 0.5) is 0 Å². The van der Waals surface area contributed by atoms with Gasteiger partial charge in [-0.3, -0.25) is 14.8 Å². The number of hydroxylamine groups is 2. The summed E-state index contributed by atoms with van der Waals surface area (Å²) < 4.78 is 22.2. The van der Waals surface area contributed by atoms with Crippen LogP contribution in [0.5, 0.6) is 0 Å². The Labute approximate surface area is 205 Å². The summed E-state index contributed by atoms with van der Waals surface area (Å²) in [6, 6.07) is 15.7. The molecule has 9 nitrogen and oxygen atoms in total. The van der Waals surface area contributed by atoms with Crippen LogP contribution in [-0.4, -0.2) is 86.0 Å². The fraction of sp³-hybridized carbons (Fsp3) is 0.423. The van der Waals surface area contributed by atoms with Crippen LogP contribution >= 0.6 is 0 Å². The summed E-state index contributed by atoms with van der Waals surface area (Å²) in [7, 11) is 0. The van der Waals surface area contributed by atoms with Gasteiger partial charge in [0.1, 0.15) is 0 Å². The molecule has 0 saturated carbocycles. The van der Waals surface area contributed by atoms with E-state index in [4.69, 9.17) is 28.8 Å². The third kappa shape index (κ3) is 8.74. The Hall–Kier alpha value is -2.79. The number of aromatic nitrogens is 3. The first kappa shape index (κ1) is 25.3. The van der Waals surface area contributed by atoms with Crippen molar-refractivity contribution in [2.24, 2.45) is 0 Å². The number of nitrogens with zero attached hydrogens (tertiary/aromatic N) is 4. The molecular formula is C26H32N4O5. The zero-order valence-corrected chi connectivity index (χ0v) is 19.9. The van der Waals surface area contributed by atoms with Gasteiger partial charge < -0.3 is 18.9 Å². The highest BCUT2D eigenvalue weighted by molar-refractivity contribution is 5.61. The van der Waals surface area contributed by atoms with E-state index in [1.54, 1.807) is 6.20 Å². The molecule has 4 rings (SSSR count). The molecule has 35 heavy (non-hydrogen) atoms. The van der Waals surface area contributed by atoms with Crippen molar-refractivity contribution in [2.45, 2.75) is 6.54 Å². The van der Waals surface area contributed by atoms with Gasteiger partial charge in [-0.05, 0) is 35.9 Å². The predicted octanol–water partition coefficient (Wildman–Crippen LogP) is 3.02. The molecule has 9 heteroatoms. The van der Waals surface area contributed by atoms with E-state index >= 15 is 0 Å². The Balaban J connectivity index is 1.35. The lowest BCUT2D eigenvalue weighted by atomic mass is 10.2. The van der Waals surface area contributed by atoms with E-state index in [-0.39, 0.29) is 0 Å². The van der Waals surface area contributed by atoms with E-state index in [1.807, 2.05) is 59.8 Å². The monoisotopic (exact) mass is 480 g/mol. The molecule has 0 bridgehead atoms. The molecule has 4 heterocycles. The Morgan fingerprint density at radius 2 is 1.23 bits per heavy atom. The topological polar surface area (TPSA) is 88.1 Å². The smallest absolute Gasteiger partial charge is 0.0919 e. The number of ether oxygens (including phenoxy) is 4. The van der Waals surface area contributed by atoms with Crippen LogP contribution in [0.1, 0.15) is 5.56 Å². The summed E-state index contributed by atoms with van der Waals surface area (Å²) in [6.45, 7) is 5.98. The Bertz CT molecular complexity index is 975. The minimum atomic E-state index is 0.457. The summed E-state index contributed by atoms with van der Waals surface area (Å²) in [4.78, 5) is 19.7. The second-order valence-corrected chi connectivity index (χ2v) is 7.82. The molecule has 0 aliphatic carbocycles. The normalized spacial score (nSPS) is 17.7. The van der Waals surface area contributed by atoms with Gasteiger partial charge in [-0.25, -0.2) is 4.98 Å². The Morgan fingerprint density at radius 3 is 1.86 bits per heavy atom. The maximum atomic E-state index is 5.94. The lowest BCUT2D eigenvalue weighted by Gasteiger charge is -2.22. The second kappa shape index (κ2) is 14.6. The summed E-state index contributed by atoms with van der Waals surface area (Å²) in [5, 5.41) is 1.88. The van der Waals surface area contributed by atoms with Crippen LogP contribution in [0.15, 0.2) is 60.9 Å². The van der Waals surface area contributed by atoms with Crippen molar-refractivity contribution in [3.8, 4) is 22.8 Å². The van der Waals surface area contributed by atoms with Crippen molar-refractivity contribution in [1.29, 1.82) is 0 Å². The standard InChI is InChI=1S/C26H32N4O5/c1-2-9-27-23(4-1)25-5-3-6-26(29-25)24-8-7-22(20-28-24)21-30-10-11-31-12-13-32-14-15-33-16-17-34-18-19-35-30/h1-9,20H,10-19,21H2. The van der Waals surface area contributed by atoms with Crippen LogP contribution < -0.4 is 0 Å². The van der Waals surface area contributed by atoms with Crippen LogP contribution in [0, 0.1) is 0 Å². The van der Waals surface area contributed by atoms with E-state index in [2.05, 4.69) is 9.97 Å². The first-order valence-electron chi connectivity index (χ1n) is 11.9. The summed E-state index contributed by atoms with van der Waals surface area (Å²) >= 11 is 0. The molecule has 3 aromatic rings. The first-order chi connectivity index (χ1) is 17.4. The molecule has 1 saturated heterocycles. The van der Waals surface area contributed by atoms with E-state index in [0.29, 0.717) is 72.6 Å². The van der Waals surface area contributed by atoms with Gasteiger partial charge in [-0.2, -0.15) is 5.06 Å². The zero-order valence-electron chi connectivity index (χ0n) is 19.9. The second-order valence-electron chi connectivity index (χ2n) is 7.82. The molecule has 1 fully saturated rings. The van der Waals surface area contributed by atoms with E-state index in [0.717, 1.165) is 28.3 Å². The third-order valence-electron chi connectivity index (χ3n) is 5.23. The molecule has 0 atom stereocenters. The number of hydrogen-bond donors (Lipinski definition) is 0. The highest BCUT2D eigenvalue weighted by atomic mass is 16.7. The quantitative estimate of drug-likeness (QED) is 0.559. The number of pyridine rings is 3. The highest BCUT2D eigenvalue weighted by Gasteiger charge is 2.10. The molecular weight excluding hydrogens is 448 g/mol. The lowest BCUT2D eigenvalue weighted by molar-refractivity contribution is -0.184. The minimum absolute atomic E-state index is 0.457. The van der Waals surface area contributed by atoms with Gasteiger partial charge in [-0.15, -0.1) is 0 Å². The van der Waals surface area contributed by atoms with Crippen molar-refractivity contribution < 1.29 is 23.8 Å². The summed E-state index contributed by atoms with van der Waals surface area (Å²) in [5.74, 6) is 0. The average Bonchev–Trinajstić information content (AvgIpc) is 2.91. The third-order valence-corrected chi connectivity index (χ3v) is 5.23. The fourth-order valence-corrected chi connectivity index (χ4v) is 3.45. The maximum Gasteiger partial charge on any atom is 0.0919 e. The molecule has 186 valence electrons. The van der Waals surface area contributed by atoms with Crippen molar-refractivity contribution in [2.75, 3.05) is 66.0 Å². The van der Waals surface area contributed by atoms with Gasteiger partial charge in [0.25, 0.3) is 0 Å². The van der Waals surface area contributed by atoms with Crippen LogP contribution in [-0.2, 0) is 30.3 Å². The van der Waals surface area contributed by atoms with Crippen molar-refractivity contribution in [3.05, 3.63) is 66.5 Å². The molecule has 0 radical (unpaired) electrons. The van der Waals surface area contributed by atoms with Crippen molar-refractivity contribution >= 4 is 0 Å². The van der Waals surface area contributed by atoms with Gasteiger partial charge in [0, 0.05) is 18.9 Å². The molecule has 3 aromatic heterocycles. The van der Waals surface area contributed by atoms with Gasteiger partial charge in [-0.1, -0.05) is 18.2 Å². The van der Waals surface area contributed by atoms with Gasteiger partial charge in [0.15, 0.2) is 0 Å². The van der Waals surface area contributed by atoms with Crippen molar-refractivity contribution in [3.63, 3.8) is 0 Å². The molecule has 1 aliphatic rings. The summed E-state index contributed by atoms with van der Waals surface area (Å²) in [6.07, 6.45) is 3.62. The minimum Gasteiger partial charge on any atom is -0.378 e. The van der Waals surface area contributed by atoms with E-state index in [9.17, 15) is 0 Å². The molecule has 0 N–H and O–H groups in total. The molecule has 0 aromatic carbocycles. The van der Waals surface area contributed by atoms with Crippen LogP contribution in [0.3, 0.4) is 0 Å². The average molecular weight is 481 g/mol. The first-order valence-corrected chi connectivity index (χ1v) is 11.9. The Kier molecular flexibility index (Phi) is 10.5. The van der Waals surface area contributed by atoms with Gasteiger partial charge in [0.05, 0.1) is 88.8 Å². The van der Waals surface area contributed by atoms with E-state index in [1.165, 1.54) is 0 Å². The number of rotatable bonds is 4. The van der Waals surface area contributed by atoms with Crippen LogP contribution in [0.25, 0.3) is 22.8 Å². The van der Waals surface area contributed by atoms with Gasteiger partial charge >= 0.3 is 0 Å². The number of hydrogen-bond acceptors (Lipinski definition) is 9. The predicted molar refractivity (Wildman–Crippen MR) is 130 cm³/mol. The Morgan fingerprint density at radius 1 is 0.600 bits per heavy atom. The molecule has 0 unspecified atom stereocenters. The maximum absolute atomic E-state index is 5.94. The summed E-state index contributed by atoms with van der Waals surface area (Å²) in [5.41, 5.74) is 4.29. The molecule has 1 aliphatic heterocycles. The molecule has 0 spiro atoms. The lowest BCUT2D eigenvalue weighted by Crippen LogP contribution is -2.30. The SMILES string of the molecule is c1ccc(-c2cccc(-c3ccc(CN4CCOCCOCCOCCOCCO4)cn3)n2)nc1. The van der Waals surface area contributed by atoms with E-state index < -0.39 is 0 Å². The highest BCUT2D eigenvalue weighted by Crippen LogP contribution is 2.20. The fourth-order valence-electron chi connectivity index (χ4n) is 3.45. The van der Waals surface area contributed by atoms with Crippen LogP contribution in [0.2, 0.25) is 0 Å². The molecule has 0 amide bonds. The largest absolute Gasteiger partial charge is 0.378 e. The van der Waals surface area contributed by atoms with Gasteiger partial charge in [0.2, 0.25) is 0 Å². The van der Waals surface area contributed by atoms with Crippen molar-refractivity contribution in [1.82, 2.24) is 20.0 Å². The zero-order chi connectivity index (χ0) is 24.0.